The number of carbonyl (C=O) groups excluding carboxylic acids is 1. The average Bonchev–Trinajstić information content (AvgIpc) is 3.37. The molecule has 0 aliphatic heterocycles. The maximum atomic E-state index is 11.7. The molecule has 3 N–H and O–H groups in total. The zero-order valence-corrected chi connectivity index (χ0v) is 17.1. The van der Waals surface area contributed by atoms with E-state index in [1.54, 1.807) is 6.07 Å². The summed E-state index contributed by atoms with van der Waals surface area (Å²) in [7, 11) is 1.95. The molecule has 3 aromatic heterocycles. The van der Waals surface area contributed by atoms with Crippen LogP contribution in [0.15, 0.2) is 67.0 Å². The Morgan fingerprint density at radius 2 is 1.97 bits per heavy atom. The SMILES string of the molecule is Cn1c(Nc2ccc3cc[nH]c3c2)nc2cc(Oc3ccnc(C(=O)NCl)c3)ccc21. The van der Waals surface area contributed by atoms with Crippen molar-refractivity contribution < 1.29 is 9.53 Å². The van der Waals surface area contributed by atoms with Gasteiger partial charge in [-0.05, 0) is 41.8 Å². The summed E-state index contributed by atoms with van der Waals surface area (Å²) >= 11 is 5.36. The van der Waals surface area contributed by atoms with Crippen LogP contribution in [0.5, 0.6) is 11.5 Å². The number of amides is 1. The van der Waals surface area contributed by atoms with E-state index >= 15 is 0 Å². The number of halogens is 1. The van der Waals surface area contributed by atoms with Crippen LogP contribution in [0.2, 0.25) is 0 Å². The molecule has 2 aromatic carbocycles. The summed E-state index contributed by atoms with van der Waals surface area (Å²) in [4.78, 5) is 25.6. The fraction of sp³-hybridized carbons (Fsp3) is 0.0455. The molecule has 9 heteroatoms. The van der Waals surface area contributed by atoms with Gasteiger partial charge in [0.15, 0.2) is 0 Å². The summed E-state index contributed by atoms with van der Waals surface area (Å²) in [6, 6.07) is 17.0. The Bertz CT molecular complexity index is 1420. The molecule has 0 bridgehead atoms. The van der Waals surface area contributed by atoms with Gasteiger partial charge in [0.25, 0.3) is 5.91 Å². The highest BCUT2D eigenvalue weighted by Crippen LogP contribution is 2.28. The van der Waals surface area contributed by atoms with E-state index in [0.29, 0.717) is 17.4 Å². The molecule has 0 radical (unpaired) electrons. The fourth-order valence-electron chi connectivity index (χ4n) is 3.39. The van der Waals surface area contributed by atoms with Crippen LogP contribution in [-0.2, 0) is 7.05 Å². The number of nitrogens with zero attached hydrogens (tertiary/aromatic N) is 3. The second-order valence-corrected chi connectivity index (χ2v) is 7.14. The number of aromatic nitrogens is 4. The van der Waals surface area contributed by atoms with E-state index < -0.39 is 5.91 Å². The molecule has 8 nitrogen and oxygen atoms in total. The molecule has 0 aliphatic carbocycles. The summed E-state index contributed by atoms with van der Waals surface area (Å²) in [5.41, 5.74) is 3.88. The highest BCUT2D eigenvalue weighted by Gasteiger charge is 2.11. The van der Waals surface area contributed by atoms with E-state index in [-0.39, 0.29) is 5.69 Å². The minimum Gasteiger partial charge on any atom is -0.457 e. The first kappa shape index (κ1) is 19.0. The standard InChI is InChI=1S/C22H17ClN6O2/c1-29-20-5-4-15(31-16-7-9-25-19(12-16)21(30)28-23)11-18(20)27-22(29)26-14-3-2-13-6-8-24-17(13)10-14/h2-12,24H,1H3,(H,26,27)(H,28,30). The van der Waals surface area contributed by atoms with Gasteiger partial charge in [0.2, 0.25) is 5.95 Å². The molecule has 0 saturated heterocycles. The van der Waals surface area contributed by atoms with Gasteiger partial charge in [-0.1, -0.05) is 6.07 Å². The van der Waals surface area contributed by atoms with Crippen LogP contribution in [-0.4, -0.2) is 25.4 Å². The smallest absolute Gasteiger partial charge is 0.284 e. The molecule has 0 atom stereocenters. The minimum absolute atomic E-state index is 0.164. The number of rotatable bonds is 5. The van der Waals surface area contributed by atoms with Gasteiger partial charge in [-0.3, -0.25) is 14.6 Å². The number of hydrogen-bond acceptors (Lipinski definition) is 5. The van der Waals surface area contributed by atoms with Gasteiger partial charge >= 0.3 is 0 Å². The fourth-order valence-corrected chi connectivity index (χ4v) is 3.49. The summed E-state index contributed by atoms with van der Waals surface area (Å²) in [5, 5.41) is 4.52. The number of benzene rings is 2. The second kappa shape index (κ2) is 7.66. The van der Waals surface area contributed by atoms with E-state index in [4.69, 9.17) is 21.5 Å². The number of aryl methyl sites for hydroxylation is 1. The van der Waals surface area contributed by atoms with Crippen LogP contribution < -0.4 is 14.9 Å². The maximum Gasteiger partial charge on any atom is 0.284 e. The van der Waals surface area contributed by atoms with E-state index in [2.05, 4.69) is 21.4 Å². The van der Waals surface area contributed by atoms with E-state index in [1.165, 1.54) is 12.3 Å². The zero-order chi connectivity index (χ0) is 21.4. The van der Waals surface area contributed by atoms with E-state index in [9.17, 15) is 4.79 Å². The molecule has 3 heterocycles. The summed E-state index contributed by atoms with van der Waals surface area (Å²) < 4.78 is 7.87. The Morgan fingerprint density at radius 1 is 1.10 bits per heavy atom. The van der Waals surface area contributed by atoms with Crippen molar-refractivity contribution in [1.82, 2.24) is 24.4 Å². The third-order valence-corrected chi connectivity index (χ3v) is 5.12. The number of H-pyrrole nitrogens is 1. The third kappa shape index (κ3) is 3.64. The van der Waals surface area contributed by atoms with Gasteiger partial charge in [-0.15, -0.1) is 0 Å². The number of imidazole rings is 1. The number of aromatic amines is 1. The highest BCUT2D eigenvalue weighted by atomic mass is 35.5. The van der Waals surface area contributed by atoms with Crippen molar-refractivity contribution >= 4 is 51.3 Å². The van der Waals surface area contributed by atoms with Crippen LogP contribution in [0.4, 0.5) is 11.6 Å². The Labute approximate surface area is 181 Å². The lowest BCUT2D eigenvalue weighted by molar-refractivity contribution is 0.0976. The average molecular weight is 433 g/mol. The Balaban J connectivity index is 1.42. The molecular formula is C22H17ClN6O2. The van der Waals surface area contributed by atoms with E-state index in [0.717, 1.165) is 27.6 Å². The first-order valence-electron chi connectivity index (χ1n) is 9.46. The van der Waals surface area contributed by atoms with Crippen molar-refractivity contribution in [2.45, 2.75) is 0 Å². The predicted octanol–water partition coefficient (Wildman–Crippen LogP) is 4.87. The van der Waals surface area contributed by atoms with Crippen LogP contribution in [0, 0.1) is 0 Å². The Morgan fingerprint density at radius 3 is 2.84 bits per heavy atom. The van der Waals surface area contributed by atoms with Crippen LogP contribution in [0.1, 0.15) is 10.5 Å². The molecule has 0 fully saturated rings. The largest absolute Gasteiger partial charge is 0.457 e. The molecular weight excluding hydrogens is 416 g/mol. The van der Waals surface area contributed by atoms with Crippen LogP contribution in [0.25, 0.3) is 21.9 Å². The quantitative estimate of drug-likeness (QED) is 0.344. The molecule has 1 amide bonds. The summed E-state index contributed by atoms with van der Waals surface area (Å²) in [5.74, 6) is 1.27. The lowest BCUT2D eigenvalue weighted by atomic mass is 10.2. The summed E-state index contributed by atoms with van der Waals surface area (Å²) in [6.45, 7) is 0. The zero-order valence-electron chi connectivity index (χ0n) is 16.4. The van der Waals surface area contributed by atoms with Crippen molar-refractivity contribution in [2.24, 2.45) is 7.05 Å². The lowest BCUT2D eigenvalue weighted by Gasteiger charge is -2.07. The second-order valence-electron chi connectivity index (χ2n) is 6.95. The number of anilines is 2. The van der Waals surface area contributed by atoms with Crippen LogP contribution >= 0.6 is 11.8 Å². The van der Waals surface area contributed by atoms with Crippen molar-refractivity contribution in [2.75, 3.05) is 5.32 Å². The van der Waals surface area contributed by atoms with Crippen molar-refractivity contribution in [1.29, 1.82) is 0 Å². The van der Waals surface area contributed by atoms with Gasteiger partial charge in [0.05, 0.1) is 11.0 Å². The topological polar surface area (TPSA) is 96.9 Å². The number of pyridine rings is 1. The Kier molecular flexibility index (Phi) is 4.68. The normalized spacial score (nSPS) is 11.0. The van der Waals surface area contributed by atoms with Gasteiger partial charge in [0, 0.05) is 54.6 Å². The van der Waals surface area contributed by atoms with Crippen LogP contribution in [0.3, 0.4) is 0 Å². The maximum absolute atomic E-state index is 11.7. The number of fused-ring (bicyclic) bond motifs is 2. The molecule has 31 heavy (non-hydrogen) atoms. The van der Waals surface area contributed by atoms with Gasteiger partial charge < -0.3 is 19.6 Å². The molecule has 5 rings (SSSR count). The van der Waals surface area contributed by atoms with Gasteiger partial charge in [-0.2, -0.15) is 0 Å². The molecule has 5 aromatic rings. The number of carbonyl (C=O) groups is 1. The first-order valence-corrected chi connectivity index (χ1v) is 9.84. The number of hydrogen-bond donors (Lipinski definition) is 3. The molecule has 0 aliphatic rings. The van der Waals surface area contributed by atoms with Gasteiger partial charge in [0.1, 0.15) is 17.2 Å². The minimum atomic E-state index is -0.499. The lowest BCUT2D eigenvalue weighted by Crippen LogP contribution is -2.13. The monoisotopic (exact) mass is 432 g/mol. The van der Waals surface area contributed by atoms with Crippen molar-refractivity contribution in [3.63, 3.8) is 0 Å². The Hall–Kier alpha value is -4.04. The highest BCUT2D eigenvalue weighted by molar-refractivity contribution is 6.23. The molecule has 0 spiro atoms. The van der Waals surface area contributed by atoms with Gasteiger partial charge in [-0.25, -0.2) is 4.98 Å². The van der Waals surface area contributed by atoms with Crippen molar-refractivity contribution in [3.8, 4) is 11.5 Å². The van der Waals surface area contributed by atoms with E-state index in [1.807, 2.05) is 59.0 Å². The summed E-state index contributed by atoms with van der Waals surface area (Å²) in [6.07, 6.45) is 3.40. The molecule has 0 unspecified atom stereocenters. The third-order valence-electron chi connectivity index (χ3n) is 4.95. The predicted molar refractivity (Wildman–Crippen MR) is 120 cm³/mol. The first-order chi connectivity index (χ1) is 15.1. The number of ether oxygens (including phenoxy) is 1. The van der Waals surface area contributed by atoms with Crippen molar-refractivity contribution in [3.05, 3.63) is 72.7 Å². The molecule has 0 saturated carbocycles. The number of nitrogens with one attached hydrogen (secondary N) is 3. The molecule has 154 valence electrons.